The van der Waals surface area contributed by atoms with Gasteiger partial charge >= 0.3 is 0 Å². The molecular formula is C27H30N4O3S. The highest BCUT2D eigenvalue weighted by molar-refractivity contribution is 7.12. The van der Waals surface area contributed by atoms with Gasteiger partial charge in [0.1, 0.15) is 5.58 Å². The van der Waals surface area contributed by atoms with Crippen LogP contribution in [0.15, 0.2) is 58.6 Å². The molecule has 4 aromatic rings. The molecular weight excluding hydrogens is 460 g/mol. The summed E-state index contributed by atoms with van der Waals surface area (Å²) in [7, 11) is 0. The summed E-state index contributed by atoms with van der Waals surface area (Å²) in [6.07, 6.45) is 8.49. The van der Waals surface area contributed by atoms with Gasteiger partial charge in [-0.25, -0.2) is 4.98 Å². The molecule has 0 spiro atoms. The number of furan rings is 1. The summed E-state index contributed by atoms with van der Waals surface area (Å²) >= 11 is 1.63. The van der Waals surface area contributed by atoms with Crippen LogP contribution in [-0.2, 0) is 12.1 Å². The topological polar surface area (TPSA) is 74.7 Å². The third-order valence-corrected chi connectivity index (χ3v) is 8.21. The first-order chi connectivity index (χ1) is 17.1. The first-order valence-electron chi connectivity index (χ1n) is 12.4. The number of hydrogen-bond donors (Lipinski definition) is 1. The third kappa shape index (κ3) is 4.42. The van der Waals surface area contributed by atoms with Gasteiger partial charge < -0.3 is 14.4 Å². The van der Waals surface area contributed by atoms with Crippen molar-refractivity contribution < 1.29 is 14.3 Å². The quantitative estimate of drug-likeness (QED) is 0.435. The van der Waals surface area contributed by atoms with Crippen molar-refractivity contribution in [2.45, 2.75) is 44.2 Å². The Labute approximate surface area is 208 Å². The summed E-state index contributed by atoms with van der Waals surface area (Å²) in [5.74, 6) is 0.362. The number of aromatic nitrogens is 2. The molecule has 1 aromatic carbocycles. The highest BCUT2D eigenvalue weighted by atomic mass is 32.1. The Kier molecular flexibility index (Phi) is 5.96. The van der Waals surface area contributed by atoms with Crippen molar-refractivity contribution in [3.63, 3.8) is 0 Å². The van der Waals surface area contributed by atoms with Crippen LogP contribution in [0.1, 0.15) is 53.9 Å². The Morgan fingerprint density at radius 1 is 1.09 bits per heavy atom. The molecule has 182 valence electrons. The number of carbonyl (C=O) groups excluding carboxylic acids is 1. The predicted octanol–water partition coefficient (Wildman–Crippen LogP) is 4.79. The van der Waals surface area contributed by atoms with E-state index in [1.54, 1.807) is 11.3 Å². The standard InChI is InChI=1S/C27H30N4O3S/c32-25(30-11-2-1-3-12-30)24-18-20-17-21(6-7-23(20)34-24)27(33)8-14-29(15-9-27)19-22-5-4-13-31(22)26-28-10-16-35-26/h4-7,10,13,16-18,33H,1-3,8-9,11-12,14-15,19H2. The van der Waals surface area contributed by atoms with E-state index in [0.717, 1.165) is 61.6 Å². The van der Waals surface area contributed by atoms with Crippen molar-refractivity contribution >= 4 is 28.2 Å². The van der Waals surface area contributed by atoms with Crippen molar-refractivity contribution in [2.24, 2.45) is 0 Å². The van der Waals surface area contributed by atoms with Gasteiger partial charge in [-0.05, 0) is 68.0 Å². The number of piperidine rings is 2. The second kappa shape index (κ2) is 9.26. The van der Waals surface area contributed by atoms with E-state index in [2.05, 4.69) is 32.8 Å². The molecule has 0 saturated carbocycles. The highest BCUT2D eigenvalue weighted by Gasteiger charge is 2.34. The van der Waals surface area contributed by atoms with Crippen molar-refractivity contribution in [3.8, 4) is 5.13 Å². The van der Waals surface area contributed by atoms with Crippen LogP contribution in [0.4, 0.5) is 0 Å². The van der Waals surface area contributed by atoms with Gasteiger partial charge in [0.25, 0.3) is 5.91 Å². The van der Waals surface area contributed by atoms with Crippen LogP contribution in [0.25, 0.3) is 16.1 Å². The Hall–Kier alpha value is -2.94. The lowest BCUT2D eigenvalue weighted by Crippen LogP contribution is -2.42. The van der Waals surface area contributed by atoms with Crippen molar-refractivity contribution in [1.29, 1.82) is 0 Å². The monoisotopic (exact) mass is 490 g/mol. The van der Waals surface area contributed by atoms with E-state index in [1.165, 1.54) is 12.1 Å². The molecule has 3 aromatic heterocycles. The fourth-order valence-electron chi connectivity index (χ4n) is 5.36. The number of fused-ring (bicyclic) bond motifs is 1. The smallest absolute Gasteiger partial charge is 0.289 e. The van der Waals surface area contributed by atoms with Gasteiger partial charge in [0.15, 0.2) is 10.9 Å². The molecule has 6 rings (SSSR count). The van der Waals surface area contributed by atoms with Crippen molar-refractivity contribution in [2.75, 3.05) is 26.2 Å². The van der Waals surface area contributed by atoms with E-state index in [4.69, 9.17) is 4.42 Å². The van der Waals surface area contributed by atoms with E-state index in [0.29, 0.717) is 24.2 Å². The highest BCUT2D eigenvalue weighted by Crippen LogP contribution is 2.36. The zero-order chi connectivity index (χ0) is 23.8. The van der Waals surface area contributed by atoms with Crippen molar-refractivity contribution in [1.82, 2.24) is 19.4 Å². The summed E-state index contributed by atoms with van der Waals surface area (Å²) in [6.45, 7) is 4.03. The molecule has 5 heterocycles. The number of nitrogens with zero attached hydrogens (tertiary/aromatic N) is 4. The van der Waals surface area contributed by atoms with Gasteiger partial charge in [-0.15, -0.1) is 11.3 Å². The summed E-state index contributed by atoms with van der Waals surface area (Å²) in [5.41, 5.74) is 1.92. The zero-order valence-corrected chi connectivity index (χ0v) is 20.5. The number of aliphatic hydroxyl groups is 1. The first kappa shape index (κ1) is 22.5. The summed E-state index contributed by atoms with van der Waals surface area (Å²) in [4.78, 5) is 21.6. The molecule has 8 heteroatoms. The molecule has 0 unspecified atom stereocenters. The molecule has 7 nitrogen and oxygen atoms in total. The Balaban J connectivity index is 1.14. The summed E-state index contributed by atoms with van der Waals surface area (Å²) in [6, 6.07) is 11.9. The van der Waals surface area contributed by atoms with Crippen LogP contribution in [0.3, 0.4) is 0 Å². The van der Waals surface area contributed by atoms with Gasteiger partial charge in [-0.3, -0.25) is 14.3 Å². The fourth-order valence-corrected chi connectivity index (χ4v) is 6.01. The average molecular weight is 491 g/mol. The van der Waals surface area contributed by atoms with E-state index in [1.807, 2.05) is 40.7 Å². The number of rotatable bonds is 5. The summed E-state index contributed by atoms with van der Waals surface area (Å²) in [5, 5.41) is 15.4. The maximum atomic E-state index is 12.9. The van der Waals surface area contributed by atoms with Crippen LogP contribution in [0, 0.1) is 0 Å². The predicted molar refractivity (Wildman–Crippen MR) is 136 cm³/mol. The van der Waals surface area contributed by atoms with Crippen LogP contribution in [-0.4, -0.2) is 56.5 Å². The molecule has 0 atom stereocenters. The molecule has 35 heavy (non-hydrogen) atoms. The SMILES string of the molecule is O=C(c1cc2cc(C3(O)CCN(Cc4cccn4-c4nccs4)CC3)ccc2o1)N1CCCCC1. The average Bonchev–Trinajstić information content (AvgIpc) is 3.65. The van der Waals surface area contributed by atoms with Crippen molar-refractivity contribution in [3.05, 3.63) is 71.2 Å². The Morgan fingerprint density at radius 3 is 2.69 bits per heavy atom. The van der Waals surface area contributed by atoms with Crippen LogP contribution in [0.2, 0.25) is 0 Å². The van der Waals surface area contributed by atoms with E-state index in [-0.39, 0.29) is 5.91 Å². The van der Waals surface area contributed by atoms with Gasteiger partial charge in [-0.2, -0.15) is 0 Å². The maximum absolute atomic E-state index is 12.9. The van der Waals surface area contributed by atoms with Crippen LogP contribution >= 0.6 is 11.3 Å². The van der Waals surface area contributed by atoms with Crippen LogP contribution < -0.4 is 0 Å². The number of likely N-dealkylation sites (tertiary alicyclic amines) is 2. The van der Waals surface area contributed by atoms with E-state index >= 15 is 0 Å². The van der Waals surface area contributed by atoms with Gasteiger partial charge in [-0.1, -0.05) is 6.07 Å². The minimum absolute atomic E-state index is 0.0306. The molecule has 2 fully saturated rings. The fraction of sp³-hybridized carbons (Fsp3) is 0.407. The third-order valence-electron chi connectivity index (χ3n) is 7.44. The second-order valence-electron chi connectivity index (χ2n) is 9.71. The van der Waals surface area contributed by atoms with E-state index < -0.39 is 5.60 Å². The number of benzene rings is 1. The Bertz CT molecular complexity index is 1310. The number of hydrogen-bond acceptors (Lipinski definition) is 6. The number of amides is 1. The van der Waals surface area contributed by atoms with Crippen LogP contribution in [0.5, 0.6) is 0 Å². The molecule has 1 N–H and O–H groups in total. The summed E-state index contributed by atoms with van der Waals surface area (Å²) < 4.78 is 8.03. The molecule has 0 radical (unpaired) electrons. The maximum Gasteiger partial charge on any atom is 0.289 e. The zero-order valence-electron chi connectivity index (χ0n) is 19.7. The number of carbonyl (C=O) groups is 1. The van der Waals surface area contributed by atoms with Gasteiger partial charge in [0, 0.05) is 61.6 Å². The molecule has 2 aliphatic rings. The molecule has 1 amide bonds. The molecule has 0 bridgehead atoms. The second-order valence-corrected chi connectivity index (χ2v) is 10.6. The molecule has 2 saturated heterocycles. The Morgan fingerprint density at radius 2 is 1.91 bits per heavy atom. The normalized spacial score (nSPS) is 18.8. The molecule has 0 aliphatic carbocycles. The van der Waals surface area contributed by atoms with Gasteiger partial charge in [0.05, 0.1) is 5.60 Å². The lowest BCUT2D eigenvalue weighted by Gasteiger charge is -2.38. The minimum Gasteiger partial charge on any atom is -0.451 e. The molecule has 2 aliphatic heterocycles. The largest absolute Gasteiger partial charge is 0.451 e. The lowest BCUT2D eigenvalue weighted by atomic mass is 9.84. The van der Waals surface area contributed by atoms with E-state index in [9.17, 15) is 9.90 Å². The number of thiazole rings is 1. The minimum atomic E-state index is -0.879. The lowest BCUT2D eigenvalue weighted by molar-refractivity contribution is -0.0279. The van der Waals surface area contributed by atoms with Gasteiger partial charge in [0.2, 0.25) is 0 Å². The first-order valence-corrected chi connectivity index (χ1v) is 13.3.